The van der Waals surface area contributed by atoms with Gasteiger partial charge >= 0.3 is 5.97 Å². The van der Waals surface area contributed by atoms with E-state index in [1.807, 2.05) is 37.4 Å². The minimum absolute atomic E-state index is 0.0195. The monoisotopic (exact) mass is 447 g/mol. The van der Waals surface area contributed by atoms with Crippen LogP contribution in [0.2, 0.25) is 0 Å². The number of carboxylic acid groups (broad SMARTS) is 1. The summed E-state index contributed by atoms with van der Waals surface area (Å²) in [6.07, 6.45) is 2.93. The average molecular weight is 448 g/mol. The Hall–Kier alpha value is -2.49. The fourth-order valence-corrected chi connectivity index (χ4v) is 4.41. The Morgan fingerprint density at radius 3 is 2.77 bits per heavy atom. The van der Waals surface area contributed by atoms with Crippen LogP contribution in [0.1, 0.15) is 45.8 Å². The molecular weight excluding hydrogens is 418 g/mol. The van der Waals surface area contributed by atoms with E-state index >= 15 is 0 Å². The Morgan fingerprint density at radius 1 is 1.39 bits per heavy atom. The predicted octanol–water partition coefficient (Wildman–Crippen LogP) is 3.35. The fourth-order valence-electron chi connectivity index (χ4n) is 3.73. The summed E-state index contributed by atoms with van der Waals surface area (Å²) in [5.74, 6) is -0.540. The van der Waals surface area contributed by atoms with Gasteiger partial charge in [0.25, 0.3) is 0 Å². The van der Waals surface area contributed by atoms with Crippen LogP contribution in [0.4, 0.5) is 0 Å². The van der Waals surface area contributed by atoms with Gasteiger partial charge in [-0.2, -0.15) is 0 Å². The number of nitrogens with one attached hydrogen (secondary N) is 2. The molecule has 8 nitrogen and oxygen atoms in total. The van der Waals surface area contributed by atoms with E-state index in [9.17, 15) is 14.7 Å². The van der Waals surface area contributed by atoms with E-state index in [2.05, 4.69) is 15.8 Å². The first-order chi connectivity index (χ1) is 14.9. The van der Waals surface area contributed by atoms with E-state index in [0.717, 1.165) is 23.4 Å². The molecular formula is C22H29N3O5S. The third kappa shape index (κ3) is 6.03. The van der Waals surface area contributed by atoms with Crippen molar-refractivity contribution >= 4 is 23.2 Å². The lowest BCUT2D eigenvalue weighted by Crippen LogP contribution is -2.58. The molecule has 0 saturated carbocycles. The maximum absolute atomic E-state index is 11.9. The highest BCUT2D eigenvalue weighted by molar-refractivity contribution is 7.13. The molecule has 3 rings (SSSR count). The summed E-state index contributed by atoms with van der Waals surface area (Å²) < 4.78 is 11.6. The number of rotatable bonds is 10. The first-order valence-corrected chi connectivity index (χ1v) is 11.4. The number of carbonyl (C=O) groups is 2. The van der Waals surface area contributed by atoms with Crippen LogP contribution in [-0.4, -0.2) is 46.4 Å². The molecule has 0 fully saturated rings. The maximum Gasteiger partial charge on any atom is 0.331 e. The summed E-state index contributed by atoms with van der Waals surface area (Å²) in [7, 11) is 0. The summed E-state index contributed by atoms with van der Waals surface area (Å²) in [5, 5.41) is 22.0. The highest BCUT2D eigenvalue weighted by atomic mass is 32.1. The number of hydrogen-bond acceptors (Lipinski definition) is 7. The van der Waals surface area contributed by atoms with E-state index in [0.29, 0.717) is 12.3 Å². The summed E-state index contributed by atoms with van der Waals surface area (Å²) in [6, 6.07) is 5.04. The third-order valence-corrected chi connectivity index (χ3v) is 6.26. The van der Waals surface area contributed by atoms with Gasteiger partial charge in [0.1, 0.15) is 5.69 Å². The molecule has 9 heteroatoms. The number of thiophene rings is 1. The van der Waals surface area contributed by atoms with Gasteiger partial charge in [-0.25, -0.2) is 4.79 Å². The fraction of sp³-hybridized carbons (Fsp3) is 0.500. The molecule has 2 aromatic rings. The summed E-state index contributed by atoms with van der Waals surface area (Å²) >= 11 is 1.58. The van der Waals surface area contributed by atoms with Crippen molar-refractivity contribution in [3.8, 4) is 10.6 Å². The van der Waals surface area contributed by atoms with Crippen molar-refractivity contribution in [2.45, 2.75) is 70.9 Å². The van der Waals surface area contributed by atoms with Crippen molar-refractivity contribution in [3.05, 3.63) is 41.0 Å². The summed E-state index contributed by atoms with van der Waals surface area (Å²) in [5.41, 5.74) is 1.03. The first-order valence-electron chi connectivity index (χ1n) is 10.5. The number of nitrogens with zero attached hydrogens (tertiary/aromatic N) is 1. The molecule has 31 heavy (non-hydrogen) atoms. The Morgan fingerprint density at radius 2 is 2.16 bits per heavy atom. The minimum Gasteiger partial charge on any atom is -0.478 e. The second kappa shape index (κ2) is 10.7. The molecule has 1 aliphatic carbocycles. The van der Waals surface area contributed by atoms with Crippen LogP contribution in [0, 0.1) is 0 Å². The molecule has 0 spiro atoms. The van der Waals surface area contributed by atoms with Gasteiger partial charge in [0.2, 0.25) is 5.91 Å². The van der Waals surface area contributed by atoms with Gasteiger partial charge in [-0.1, -0.05) is 25.1 Å². The summed E-state index contributed by atoms with van der Waals surface area (Å²) in [4.78, 5) is 24.6. The molecule has 0 aromatic carbocycles. The summed E-state index contributed by atoms with van der Waals surface area (Å²) in [6.45, 7) is 5.85. The Balaban J connectivity index is 1.77. The van der Waals surface area contributed by atoms with Crippen molar-refractivity contribution < 1.29 is 24.0 Å². The zero-order valence-electron chi connectivity index (χ0n) is 18.0. The first kappa shape index (κ1) is 23.2. The molecule has 2 heterocycles. The number of ether oxygens (including phenoxy) is 1. The predicted molar refractivity (Wildman–Crippen MR) is 118 cm³/mol. The van der Waals surface area contributed by atoms with Crippen LogP contribution in [0.3, 0.4) is 0 Å². The standard InChI is InChI=1S/C22H29N3O5S/c1-4-15(5-2)29-19-10-14(22(27)28)9-18(21(19)24-13(3)26)23-12-16-11-17(25-30-16)20-7-6-8-31-20/h6-8,10-11,15,18-19,21,23H,4-5,9,12H2,1-3H3,(H,24,26)(H,27,28)/t18-,19+,21+/m0/s1. The Kier molecular flexibility index (Phi) is 8.00. The van der Waals surface area contributed by atoms with E-state index in [1.165, 1.54) is 6.92 Å². The minimum atomic E-state index is -0.981. The molecule has 2 aromatic heterocycles. The molecule has 168 valence electrons. The largest absolute Gasteiger partial charge is 0.478 e. The van der Waals surface area contributed by atoms with Crippen molar-refractivity contribution in [2.75, 3.05) is 0 Å². The molecule has 0 saturated heterocycles. The van der Waals surface area contributed by atoms with Gasteiger partial charge < -0.3 is 25.0 Å². The van der Waals surface area contributed by atoms with Gasteiger partial charge in [0, 0.05) is 24.6 Å². The lowest BCUT2D eigenvalue weighted by molar-refractivity contribution is -0.133. The second-order valence-electron chi connectivity index (χ2n) is 7.61. The molecule has 1 amide bonds. The van der Waals surface area contributed by atoms with Gasteiger partial charge in [0.15, 0.2) is 5.76 Å². The van der Waals surface area contributed by atoms with Crippen molar-refractivity contribution in [1.29, 1.82) is 0 Å². The second-order valence-corrected chi connectivity index (χ2v) is 8.56. The van der Waals surface area contributed by atoms with Crippen LogP contribution >= 0.6 is 11.3 Å². The van der Waals surface area contributed by atoms with Crippen molar-refractivity contribution in [1.82, 2.24) is 15.8 Å². The van der Waals surface area contributed by atoms with Gasteiger partial charge in [-0.15, -0.1) is 11.3 Å². The molecule has 0 unspecified atom stereocenters. The zero-order valence-corrected chi connectivity index (χ0v) is 18.8. The van der Waals surface area contributed by atoms with E-state index in [1.54, 1.807) is 17.4 Å². The van der Waals surface area contributed by atoms with Crippen LogP contribution in [0.5, 0.6) is 0 Å². The molecule has 0 radical (unpaired) electrons. The normalized spacial score (nSPS) is 21.2. The van der Waals surface area contributed by atoms with E-state index in [4.69, 9.17) is 9.26 Å². The third-order valence-electron chi connectivity index (χ3n) is 5.37. The SMILES string of the molecule is CCC(CC)O[C@@H]1C=C(C(=O)O)C[C@H](NCc2cc(-c3cccs3)no2)[C@H]1NC(C)=O. The average Bonchev–Trinajstić information content (AvgIpc) is 3.43. The number of carbonyl (C=O) groups excluding carboxylic acids is 1. The lowest BCUT2D eigenvalue weighted by Gasteiger charge is -2.38. The Labute approximate surface area is 185 Å². The van der Waals surface area contributed by atoms with Crippen LogP contribution in [0.25, 0.3) is 10.6 Å². The number of aliphatic carboxylic acids is 1. The smallest absolute Gasteiger partial charge is 0.331 e. The lowest BCUT2D eigenvalue weighted by atomic mass is 9.87. The van der Waals surface area contributed by atoms with Crippen molar-refractivity contribution in [2.24, 2.45) is 0 Å². The van der Waals surface area contributed by atoms with Gasteiger partial charge in [0.05, 0.1) is 29.7 Å². The zero-order chi connectivity index (χ0) is 22.4. The number of amides is 1. The Bertz CT molecular complexity index is 904. The topological polar surface area (TPSA) is 114 Å². The molecule has 3 atom stereocenters. The van der Waals surface area contributed by atoms with Gasteiger partial charge in [-0.3, -0.25) is 4.79 Å². The number of aromatic nitrogens is 1. The molecule has 0 bridgehead atoms. The number of carboxylic acids is 1. The van der Waals surface area contributed by atoms with Crippen molar-refractivity contribution in [3.63, 3.8) is 0 Å². The van der Waals surface area contributed by atoms with Crippen LogP contribution < -0.4 is 10.6 Å². The quantitative estimate of drug-likeness (QED) is 0.512. The highest BCUT2D eigenvalue weighted by Gasteiger charge is 2.37. The molecule has 3 N–H and O–H groups in total. The van der Waals surface area contributed by atoms with Crippen LogP contribution in [-0.2, 0) is 20.9 Å². The molecule has 0 aliphatic heterocycles. The highest BCUT2D eigenvalue weighted by Crippen LogP contribution is 2.26. The molecule has 1 aliphatic rings. The van der Waals surface area contributed by atoms with E-state index in [-0.39, 0.29) is 30.0 Å². The van der Waals surface area contributed by atoms with Crippen LogP contribution in [0.15, 0.2) is 39.8 Å². The van der Waals surface area contributed by atoms with Gasteiger partial charge in [-0.05, 0) is 36.8 Å². The number of hydrogen-bond donors (Lipinski definition) is 3. The maximum atomic E-state index is 11.9. The van der Waals surface area contributed by atoms with E-state index < -0.39 is 18.1 Å².